The summed E-state index contributed by atoms with van der Waals surface area (Å²) in [7, 11) is 1.91. The van der Waals surface area contributed by atoms with Crippen molar-refractivity contribution in [3.63, 3.8) is 0 Å². The van der Waals surface area contributed by atoms with Crippen LogP contribution in [0.2, 0.25) is 0 Å². The number of nitrogens with zero attached hydrogens (tertiary/aromatic N) is 1. The third-order valence-corrected chi connectivity index (χ3v) is 3.02. The summed E-state index contributed by atoms with van der Waals surface area (Å²) in [6.45, 7) is 3.78. The second-order valence-electron chi connectivity index (χ2n) is 4.35. The summed E-state index contributed by atoms with van der Waals surface area (Å²) in [5.74, 6) is -0.0110. The number of rotatable bonds is 0. The van der Waals surface area contributed by atoms with E-state index in [2.05, 4.69) is 5.32 Å². The molecule has 4 nitrogen and oxygen atoms in total. The van der Waals surface area contributed by atoms with Gasteiger partial charge < -0.3 is 16.0 Å². The van der Waals surface area contributed by atoms with Crippen LogP contribution in [0.3, 0.4) is 0 Å². The molecule has 1 amide bonds. The Hall–Kier alpha value is -1.71. The number of hydrogen-bond donors (Lipinski definition) is 2. The average molecular weight is 205 g/mol. The molecule has 1 aliphatic heterocycles. The van der Waals surface area contributed by atoms with Crippen molar-refractivity contribution in [3.8, 4) is 0 Å². The first-order valence-electron chi connectivity index (χ1n) is 4.88. The van der Waals surface area contributed by atoms with Gasteiger partial charge in [-0.2, -0.15) is 0 Å². The lowest BCUT2D eigenvalue weighted by molar-refractivity contribution is -0.120. The Kier molecular flexibility index (Phi) is 1.89. The van der Waals surface area contributed by atoms with Crippen LogP contribution in [0.1, 0.15) is 13.8 Å². The number of nitrogens with one attached hydrogen (secondary N) is 1. The zero-order chi connectivity index (χ0) is 11.2. The molecule has 0 unspecified atom stereocenters. The molecule has 80 valence electrons. The number of fused-ring (bicyclic) bond motifs is 1. The number of carbonyl (C=O) groups is 1. The fourth-order valence-corrected chi connectivity index (χ4v) is 1.67. The Balaban J connectivity index is 2.55. The van der Waals surface area contributed by atoms with E-state index in [4.69, 9.17) is 5.73 Å². The van der Waals surface area contributed by atoms with E-state index in [0.717, 1.165) is 11.4 Å². The van der Waals surface area contributed by atoms with Gasteiger partial charge in [0.1, 0.15) is 5.54 Å². The average Bonchev–Trinajstić information content (AvgIpc) is 2.15. The van der Waals surface area contributed by atoms with E-state index in [-0.39, 0.29) is 5.91 Å². The quantitative estimate of drug-likeness (QED) is 0.630. The van der Waals surface area contributed by atoms with Gasteiger partial charge in [-0.25, -0.2) is 0 Å². The Morgan fingerprint density at radius 3 is 2.73 bits per heavy atom. The Morgan fingerprint density at radius 1 is 1.40 bits per heavy atom. The number of hydrogen-bond acceptors (Lipinski definition) is 3. The van der Waals surface area contributed by atoms with Crippen LogP contribution in [-0.2, 0) is 4.79 Å². The summed E-state index contributed by atoms with van der Waals surface area (Å²) in [4.78, 5) is 13.8. The monoisotopic (exact) mass is 205 g/mol. The van der Waals surface area contributed by atoms with Crippen molar-refractivity contribution in [2.24, 2.45) is 0 Å². The molecule has 1 heterocycles. The molecule has 0 saturated carbocycles. The molecule has 0 fully saturated rings. The maximum absolute atomic E-state index is 11.8. The number of amides is 1. The summed E-state index contributed by atoms with van der Waals surface area (Å²) in [6, 6.07) is 5.54. The first-order chi connectivity index (χ1) is 6.93. The molecular formula is C11H15N3O. The van der Waals surface area contributed by atoms with Crippen LogP contribution < -0.4 is 16.0 Å². The Labute approximate surface area is 89.1 Å². The molecule has 3 N–H and O–H groups in total. The van der Waals surface area contributed by atoms with E-state index in [9.17, 15) is 4.79 Å². The Bertz CT molecular complexity index is 426. The fourth-order valence-electron chi connectivity index (χ4n) is 1.67. The minimum Gasteiger partial charge on any atom is -0.399 e. The molecule has 0 aliphatic carbocycles. The summed E-state index contributed by atoms with van der Waals surface area (Å²) < 4.78 is 0. The van der Waals surface area contributed by atoms with Crippen molar-refractivity contribution in [1.29, 1.82) is 0 Å². The maximum atomic E-state index is 11.8. The highest BCUT2D eigenvalue weighted by molar-refractivity contribution is 6.06. The second-order valence-corrected chi connectivity index (χ2v) is 4.35. The van der Waals surface area contributed by atoms with Crippen molar-refractivity contribution < 1.29 is 4.79 Å². The molecule has 0 atom stereocenters. The molecule has 2 rings (SSSR count). The van der Waals surface area contributed by atoms with Crippen LogP contribution in [0, 0.1) is 0 Å². The largest absolute Gasteiger partial charge is 0.399 e. The van der Waals surface area contributed by atoms with Gasteiger partial charge >= 0.3 is 0 Å². The van der Waals surface area contributed by atoms with Gasteiger partial charge in [-0.3, -0.25) is 4.79 Å². The molecule has 15 heavy (non-hydrogen) atoms. The molecule has 0 radical (unpaired) electrons. The van der Waals surface area contributed by atoms with Gasteiger partial charge in [-0.1, -0.05) is 0 Å². The van der Waals surface area contributed by atoms with E-state index in [1.807, 2.05) is 37.9 Å². The van der Waals surface area contributed by atoms with Crippen molar-refractivity contribution in [1.82, 2.24) is 0 Å². The van der Waals surface area contributed by atoms with Crippen LogP contribution in [-0.4, -0.2) is 18.5 Å². The van der Waals surface area contributed by atoms with E-state index in [1.54, 1.807) is 6.07 Å². The second kappa shape index (κ2) is 2.89. The van der Waals surface area contributed by atoms with E-state index < -0.39 is 5.54 Å². The van der Waals surface area contributed by atoms with Crippen LogP contribution in [0.4, 0.5) is 17.1 Å². The highest BCUT2D eigenvalue weighted by Crippen LogP contribution is 2.36. The van der Waals surface area contributed by atoms with Gasteiger partial charge in [-0.05, 0) is 32.0 Å². The molecule has 1 aliphatic rings. The zero-order valence-corrected chi connectivity index (χ0v) is 9.16. The van der Waals surface area contributed by atoms with Crippen molar-refractivity contribution in [2.45, 2.75) is 19.4 Å². The van der Waals surface area contributed by atoms with Gasteiger partial charge in [0, 0.05) is 12.7 Å². The number of nitrogens with two attached hydrogens (primary N) is 1. The summed E-state index contributed by atoms with van der Waals surface area (Å²) in [5.41, 5.74) is 7.57. The van der Waals surface area contributed by atoms with Crippen molar-refractivity contribution >= 4 is 23.0 Å². The number of benzene rings is 1. The third-order valence-electron chi connectivity index (χ3n) is 3.02. The smallest absolute Gasteiger partial charge is 0.249 e. The maximum Gasteiger partial charge on any atom is 0.249 e. The minimum atomic E-state index is -0.525. The van der Waals surface area contributed by atoms with Gasteiger partial charge in [0.25, 0.3) is 0 Å². The third kappa shape index (κ3) is 1.33. The Morgan fingerprint density at radius 2 is 2.07 bits per heavy atom. The van der Waals surface area contributed by atoms with Gasteiger partial charge in [-0.15, -0.1) is 0 Å². The first kappa shape index (κ1) is 9.83. The molecule has 0 saturated heterocycles. The highest BCUT2D eigenvalue weighted by atomic mass is 16.2. The van der Waals surface area contributed by atoms with Gasteiger partial charge in [0.2, 0.25) is 5.91 Å². The molecule has 0 bridgehead atoms. The topological polar surface area (TPSA) is 58.4 Å². The number of anilines is 3. The molecule has 1 aromatic rings. The molecule has 0 spiro atoms. The zero-order valence-electron chi connectivity index (χ0n) is 9.16. The van der Waals surface area contributed by atoms with Crippen molar-refractivity contribution in [3.05, 3.63) is 18.2 Å². The molecule has 1 aromatic carbocycles. The summed E-state index contributed by atoms with van der Waals surface area (Å²) >= 11 is 0. The molecular weight excluding hydrogens is 190 g/mol. The predicted octanol–water partition coefficient (Wildman–Crippen LogP) is 1.44. The minimum absolute atomic E-state index is 0.0110. The lowest BCUT2D eigenvalue weighted by Gasteiger charge is -2.41. The fraction of sp³-hybridized carbons (Fsp3) is 0.364. The van der Waals surface area contributed by atoms with E-state index >= 15 is 0 Å². The normalized spacial score (nSPS) is 18.3. The summed E-state index contributed by atoms with van der Waals surface area (Å²) in [5, 5.41) is 2.86. The standard InChI is InChI=1S/C11H15N3O/c1-11(2)10(15)13-8-6-7(12)4-5-9(8)14(11)3/h4-6H,12H2,1-3H3,(H,13,15). The number of carbonyl (C=O) groups excluding carboxylic acids is 1. The number of nitrogen functional groups attached to an aromatic ring is 1. The van der Waals surface area contributed by atoms with E-state index in [0.29, 0.717) is 5.69 Å². The summed E-state index contributed by atoms with van der Waals surface area (Å²) in [6.07, 6.45) is 0. The van der Waals surface area contributed by atoms with Crippen LogP contribution in [0.5, 0.6) is 0 Å². The predicted molar refractivity (Wildman–Crippen MR) is 62.0 cm³/mol. The molecule has 4 heteroatoms. The SMILES string of the molecule is CN1c2ccc(N)cc2NC(=O)C1(C)C. The van der Waals surface area contributed by atoms with Gasteiger partial charge in [0.15, 0.2) is 0 Å². The van der Waals surface area contributed by atoms with Crippen LogP contribution in [0.25, 0.3) is 0 Å². The van der Waals surface area contributed by atoms with Crippen molar-refractivity contribution in [2.75, 3.05) is 23.0 Å². The van der Waals surface area contributed by atoms with Crippen LogP contribution in [0.15, 0.2) is 18.2 Å². The lowest BCUT2D eigenvalue weighted by Crippen LogP contribution is -2.54. The highest BCUT2D eigenvalue weighted by Gasteiger charge is 2.37. The lowest BCUT2D eigenvalue weighted by atomic mass is 9.97. The first-order valence-corrected chi connectivity index (χ1v) is 4.88. The van der Waals surface area contributed by atoms with Gasteiger partial charge in [0.05, 0.1) is 11.4 Å². The molecule has 0 aromatic heterocycles. The number of likely N-dealkylation sites (N-methyl/N-ethyl adjacent to an activating group) is 1. The van der Waals surface area contributed by atoms with Crippen LogP contribution >= 0.6 is 0 Å². The van der Waals surface area contributed by atoms with E-state index in [1.165, 1.54) is 0 Å².